The molecule has 6 nitrogen and oxygen atoms in total. The van der Waals surface area contributed by atoms with Crippen molar-refractivity contribution in [3.8, 4) is 11.6 Å². The summed E-state index contributed by atoms with van der Waals surface area (Å²) < 4.78 is 6.05. The van der Waals surface area contributed by atoms with Gasteiger partial charge in [-0.05, 0) is 36.8 Å². The van der Waals surface area contributed by atoms with Crippen molar-refractivity contribution in [1.82, 2.24) is 20.1 Å². The lowest BCUT2D eigenvalue weighted by Crippen LogP contribution is -2.40. The number of likely N-dealkylation sites (tertiary alicyclic amines) is 1. The zero-order valence-corrected chi connectivity index (χ0v) is 17.5. The second-order valence-electron chi connectivity index (χ2n) is 8.17. The van der Waals surface area contributed by atoms with E-state index in [1.54, 1.807) is 6.20 Å². The number of carbonyl (C=O) groups excluding carboxylic acids is 1. The topological polar surface area (TPSA) is 72.1 Å². The smallest absolute Gasteiger partial charge is 0.266 e. The second-order valence-corrected chi connectivity index (χ2v) is 8.17. The Labute approximate surface area is 180 Å². The molecule has 156 valence electrons. The number of aromatic nitrogens is 3. The molecule has 1 saturated heterocycles. The number of hydrogen-bond acceptors (Lipinski definition) is 5. The quantitative estimate of drug-likeness (QED) is 0.492. The minimum atomic E-state index is 0.0481. The summed E-state index contributed by atoms with van der Waals surface area (Å²) >= 11 is 0. The van der Waals surface area contributed by atoms with Gasteiger partial charge < -0.3 is 9.32 Å². The normalized spacial score (nSPS) is 16.5. The van der Waals surface area contributed by atoms with Gasteiger partial charge >= 0.3 is 0 Å². The monoisotopic (exact) mass is 412 g/mol. The number of aryl methyl sites for hydroxylation is 1. The Bertz CT molecular complexity index is 1210. The van der Waals surface area contributed by atoms with Crippen LogP contribution < -0.4 is 0 Å². The van der Waals surface area contributed by atoms with Crippen molar-refractivity contribution in [3.63, 3.8) is 0 Å². The highest BCUT2D eigenvalue weighted by atomic mass is 16.4. The number of benzene rings is 2. The Kier molecular flexibility index (Phi) is 5.20. The van der Waals surface area contributed by atoms with Gasteiger partial charge in [-0.1, -0.05) is 54.1 Å². The molecular formula is C25H24N4O2. The molecule has 4 aromatic rings. The van der Waals surface area contributed by atoms with Gasteiger partial charge in [-0.3, -0.25) is 9.78 Å². The van der Waals surface area contributed by atoms with Crippen LogP contribution in [0.5, 0.6) is 0 Å². The van der Waals surface area contributed by atoms with Gasteiger partial charge in [0, 0.05) is 24.7 Å². The van der Waals surface area contributed by atoms with Crippen molar-refractivity contribution < 1.29 is 9.21 Å². The molecule has 3 heterocycles. The van der Waals surface area contributed by atoms with E-state index in [4.69, 9.17) is 4.42 Å². The Morgan fingerprint density at radius 2 is 1.94 bits per heavy atom. The summed E-state index contributed by atoms with van der Waals surface area (Å²) in [5.41, 5.74) is 2.93. The van der Waals surface area contributed by atoms with E-state index in [1.165, 1.54) is 5.56 Å². The number of hydrogen-bond donors (Lipinski definition) is 0. The molecule has 1 aliphatic rings. The summed E-state index contributed by atoms with van der Waals surface area (Å²) in [6, 6.07) is 18.1. The van der Waals surface area contributed by atoms with Crippen LogP contribution in [0.2, 0.25) is 0 Å². The van der Waals surface area contributed by atoms with E-state index in [2.05, 4.69) is 15.2 Å². The first-order valence-corrected chi connectivity index (χ1v) is 10.7. The Morgan fingerprint density at radius 3 is 2.81 bits per heavy atom. The van der Waals surface area contributed by atoms with E-state index >= 15 is 0 Å². The molecule has 0 unspecified atom stereocenters. The minimum Gasteiger partial charge on any atom is -0.419 e. The van der Waals surface area contributed by atoms with Crippen molar-refractivity contribution >= 4 is 16.7 Å². The number of piperidine rings is 1. The summed E-state index contributed by atoms with van der Waals surface area (Å²) in [5, 5.41) is 10.7. The van der Waals surface area contributed by atoms with Crippen LogP contribution in [0, 0.1) is 6.92 Å². The fraction of sp³-hybridized carbons (Fsp3) is 0.280. The summed E-state index contributed by atoms with van der Waals surface area (Å²) in [5.74, 6) is 1.20. The van der Waals surface area contributed by atoms with Gasteiger partial charge in [0.2, 0.25) is 11.8 Å². The molecule has 1 amide bonds. The lowest BCUT2D eigenvalue weighted by atomic mass is 9.97. The summed E-state index contributed by atoms with van der Waals surface area (Å²) in [4.78, 5) is 19.2. The van der Waals surface area contributed by atoms with E-state index in [0.717, 1.165) is 35.7 Å². The Balaban J connectivity index is 1.32. The van der Waals surface area contributed by atoms with Gasteiger partial charge in [-0.15, -0.1) is 10.2 Å². The maximum absolute atomic E-state index is 12.9. The minimum absolute atomic E-state index is 0.0481. The highest BCUT2D eigenvalue weighted by Gasteiger charge is 2.29. The Morgan fingerprint density at radius 1 is 1.10 bits per heavy atom. The molecule has 1 atom stereocenters. The molecule has 0 saturated carbocycles. The lowest BCUT2D eigenvalue weighted by Gasteiger charge is -2.31. The molecule has 31 heavy (non-hydrogen) atoms. The first-order chi connectivity index (χ1) is 15.2. The molecule has 1 aliphatic heterocycles. The highest BCUT2D eigenvalue weighted by molar-refractivity contribution is 5.92. The largest absolute Gasteiger partial charge is 0.419 e. The van der Waals surface area contributed by atoms with Crippen molar-refractivity contribution in [2.45, 2.75) is 32.1 Å². The molecule has 0 N–H and O–H groups in total. The van der Waals surface area contributed by atoms with Crippen molar-refractivity contribution in [2.75, 3.05) is 13.1 Å². The SMILES string of the molecule is Cc1ccc(CC(=O)N2CCC[C@H](c3nnc(-c4nccc5ccccc45)o3)C2)cc1. The zero-order valence-electron chi connectivity index (χ0n) is 17.5. The molecule has 0 spiro atoms. The standard InChI is InChI=1S/C25H24N4O2/c1-17-8-10-18(11-9-17)15-22(30)29-14-4-6-20(16-29)24-27-28-25(31-24)23-21-7-3-2-5-19(21)12-13-26-23/h2-3,5,7-13,20H,4,6,14-16H2,1H3/t20-/m0/s1. The van der Waals surface area contributed by atoms with Gasteiger partial charge in [-0.2, -0.15) is 0 Å². The van der Waals surface area contributed by atoms with Crippen LogP contribution in [0.15, 0.2) is 65.2 Å². The number of amides is 1. The van der Waals surface area contributed by atoms with Crippen LogP contribution in [-0.4, -0.2) is 39.1 Å². The second kappa shape index (κ2) is 8.30. The van der Waals surface area contributed by atoms with Crippen LogP contribution in [0.3, 0.4) is 0 Å². The van der Waals surface area contributed by atoms with Crippen LogP contribution in [-0.2, 0) is 11.2 Å². The predicted molar refractivity (Wildman–Crippen MR) is 118 cm³/mol. The fourth-order valence-corrected chi connectivity index (χ4v) is 4.18. The molecule has 0 bridgehead atoms. The molecule has 0 aliphatic carbocycles. The summed E-state index contributed by atoms with van der Waals surface area (Å²) in [7, 11) is 0. The van der Waals surface area contributed by atoms with Crippen molar-refractivity contribution in [3.05, 3.63) is 77.8 Å². The molecule has 6 heteroatoms. The maximum atomic E-state index is 12.9. The van der Waals surface area contributed by atoms with E-state index in [9.17, 15) is 4.79 Å². The van der Waals surface area contributed by atoms with E-state index < -0.39 is 0 Å². The lowest BCUT2D eigenvalue weighted by molar-refractivity contribution is -0.131. The third kappa shape index (κ3) is 4.06. The average molecular weight is 412 g/mol. The third-order valence-electron chi connectivity index (χ3n) is 5.92. The van der Waals surface area contributed by atoms with Gasteiger partial charge in [0.1, 0.15) is 5.69 Å². The van der Waals surface area contributed by atoms with Crippen LogP contribution in [0.1, 0.15) is 35.8 Å². The van der Waals surface area contributed by atoms with Crippen molar-refractivity contribution in [2.24, 2.45) is 0 Å². The molecule has 2 aromatic carbocycles. The van der Waals surface area contributed by atoms with Crippen LogP contribution >= 0.6 is 0 Å². The van der Waals surface area contributed by atoms with Gasteiger partial charge in [0.25, 0.3) is 5.89 Å². The third-order valence-corrected chi connectivity index (χ3v) is 5.92. The summed E-state index contributed by atoms with van der Waals surface area (Å²) in [6.45, 7) is 3.43. The average Bonchev–Trinajstić information content (AvgIpc) is 3.30. The molecule has 1 fully saturated rings. The Hall–Kier alpha value is -3.54. The molecule has 0 radical (unpaired) electrons. The zero-order chi connectivity index (χ0) is 21.2. The van der Waals surface area contributed by atoms with Crippen molar-refractivity contribution in [1.29, 1.82) is 0 Å². The van der Waals surface area contributed by atoms with E-state index in [0.29, 0.717) is 30.4 Å². The van der Waals surface area contributed by atoms with E-state index in [-0.39, 0.29) is 11.8 Å². The van der Waals surface area contributed by atoms with Crippen LogP contribution in [0.25, 0.3) is 22.4 Å². The molecule has 5 rings (SSSR count). The number of pyridine rings is 1. The molecule has 2 aromatic heterocycles. The number of carbonyl (C=O) groups is 1. The van der Waals surface area contributed by atoms with Crippen LogP contribution in [0.4, 0.5) is 0 Å². The highest BCUT2D eigenvalue weighted by Crippen LogP contribution is 2.30. The number of rotatable bonds is 4. The first-order valence-electron chi connectivity index (χ1n) is 10.7. The van der Waals surface area contributed by atoms with E-state index in [1.807, 2.05) is 66.4 Å². The predicted octanol–water partition coefficient (Wildman–Crippen LogP) is 4.54. The summed E-state index contributed by atoms with van der Waals surface area (Å²) in [6.07, 6.45) is 4.03. The number of fused-ring (bicyclic) bond motifs is 1. The fourth-order valence-electron chi connectivity index (χ4n) is 4.18. The first kappa shape index (κ1) is 19.4. The number of nitrogens with zero attached hydrogens (tertiary/aromatic N) is 4. The van der Waals surface area contributed by atoms with Gasteiger partial charge in [0.05, 0.1) is 12.3 Å². The molecular weight excluding hydrogens is 388 g/mol. The van der Waals surface area contributed by atoms with Gasteiger partial charge in [0.15, 0.2) is 0 Å². The maximum Gasteiger partial charge on any atom is 0.266 e. The van der Waals surface area contributed by atoms with Gasteiger partial charge in [-0.25, -0.2) is 0 Å².